The summed E-state index contributed by atoms with van der Waals surface area (Å²) in [6.45, 7) is 10.9. The minimum atomic E-state index is 0.480. The smallest absolute Gasteiger partial charge is 0.0619 e. The maximum Gasteiger partial charge on any atom is 0.0619 e. The van der Waals surface area contributed by atoms with Gasteiger partial charge in [0, 0.05) is 31.7 Å². The van der Waals surface area contributed by atoms with E-state index in [0.717, 1.165) is 44.2 Å². The largest absolute Gasteiger partial charge is 0.379 e. The van der Waals surface area contributed by atoms with Crippen LogP contribution >= 0.6 is 0 Å². The maximum atomic E-state index is 5.47. The van der Waals surface area contributed by atoms with Gasteiger partial charge in [-0.3, -0.25) is 9.88 Å². The fraction of sp³-hybridized carbons (Fsp3) is 0.667. The van der Waals surface area contributed by atoms with Crippen molar-refractivity contribution in [3.8, 4) is 0 Å². The first-order chi connectivity index (χ1) is 9.15. The predicted octanol–water partition coefficient (Wildman–Crippen LogP) is 1.80. The Hall–Kier alpha value is -0.970. The molecule has 1 atom stereocenters. The first-order valence-corrected chi connectivity index (χ1v) is 7.15. The SMILES string of the molecule is CC(C)NCc1cccc(CN2CCOCC2C)n1. The Bertz CT molecular complexity index is 395. The Kier molecular flexibility index (Phi) is 5.31. The average Bonchev–Trinajstić information content (AvgIpc) is 2.40. The van der Waals surface area contributed by atoms with Gasteiger partial charge in [-0.05, 0) is 19.1 Å². The number of morpholine rings is 1. The number of aromatic nitrogens is 1. The van der Waals surface area contributed by atoms with Crippen LogP contribution in [0.3, 0.4) is 0 Å². The lowest BCUT2D eigenvalue weighted by Gasteiger charge is -2.32. The molecular formula is C15H25N3O. The monoisotopic (exact) mass is 263 g/mol. The van der Waals surface area contributed by atoms with Gasteiger partial charge in [-0.2, -0.15) is 0 Å². The van der Waals surface area contributed by atoms with Crippen LogP contribution in [0.15, 0.2) is 18.2 Å². The van der Waals surface area contributed by atoms with Crippen LogP contribution in [0.25, 0.3) is 0 Å². The first kappa shape index (κ1) is 14.4. The molecule has 2 heterocycles. The van der Waals surface area contributed by atoms with E-state index in [2.05, 4.69) is 49.2 Å². The molecule has 1 N–H and O–H groups in total. The van der Waals surface area contributed by atoms with Crippen molar-refractivity contribution in [1.82, 2.24) is 15.2 Å². The van der Waals surface area contributed by atoms with Crippen molar-refractivity contribution in [3.05, 3.63) is 29.6 Å². The van der Waals surface area contributed by atoms with Crippen molar-refractivity contribution in [1.29, 1.82) is 0 Å². The van der Waals surface area contributed by atoms with Crippen molar-refractivity contribution in [3.63, 3.8) is 0 Å². The maximum absolute atomic E-state index is 5.47. The standard InChI is InChI=1S/C15H25N3O/c1-12(2)16-9-14-5-4-6-15(17-14)10-18-7-8-19-11-13(18)3/h4-6,12-13,16H,7-11H2,1-3H3. The molecule has 1 aromatic rings. The lowest BCUT2D eigenvalue weighted by atomic mass is 10.2. The molecule has 4 heteroatoms. The van der Waals surface area contributed by atoms with Crippen molar-refractivity contribution in [2.45, 2.75) is 45.9 Å². The van der Waals surface area contributed by atoms with Gasteiger partial charge in [-0.1, -0.05) is 19.9 Å². The molecule has 0 bridgehead atoms. The topological polar surface area (TPSA) is 37.4 Å². The van der Waals surface area contributed by atoms with Gasteiger partial charge in [-0.25, -0.2) is 0 Å². The van der Waals surface area contributed by atoms with Crippen LogP contribution in [-0.4, -0.2) is 41.7 Å². The zero-order chi connectivity index (χ0) is 13.7. The molecule has 4 nitrogen and oxygen atoms in total. The normalized spacial score (nSPS) is 20.9. The van der Waals surface area contributed by atoms with Crippen molar-refractivity contribution in [2.75, 3.05) is 19.8 Å². The molecule has 106 valence electrons. The Balaban J connectivity index is 1.94. The fourth-order valence-corrected chi connectivity index (χ4v) is 2.23. The summed E-state index contributed by atoms with van der Waals surface area (Å²) in [5.41, 5.74) is 2.27. The third kappa shape index (κ3) is 4.56. The van der Waals surface area contributed by atoms with Gasteiger partial charge in [-0.15, -0.1) is 0 Å². The van der Waals surface area contributed by atoms with E-state index in [0.29, 0.717) is 12.1 Å². The van der Waals surface area contributed by atoms with Crippen LogP contribution in [0.4, 0.5) is 0 Å². The second kappa shape index (κ2) is 6.98. The van der Waals surface area contributed by atoms with Gasteiger partial charge in [0.1, 0.15) is 0 Å². The van der Waals surface area contributed by atoms with Crippen LogP contribution in [0.5, 0.6) is 0 Å². The van der Waals surface area contributed by atoms with Crippen molar-refractivity contribution < 1.29 is 4.74 Å². The number of nitrogens with zero attached hydrogens (tertiary/aromatic N) is 2. The third-order valence-corrected chi connectivity index (χ3v) is 3.43. The number of pyridine rings is 1. The summed E-state index contributed by atoms with van der Waals surface area (Å²) in [5, 5.41) is 3.41. The summed E-state index contributed by atoms with van der Waals surface area (Å²) in [7, 11) is 0. The van der Waals surface area contributed by atoms with Crippen LogP contribution in [-0.2, 0) is 17.8 Å². The van der Waals surface area contributed by atoms with E-state index >= 15 is 0 Å². The third-order valence-electron chi connectivity index (χ3n) is 3.43. The van der Waals surface area contributed by atoms with E-state index in [1.165, 1.54) is 0 Å². The van der Waals surface area contributed by atoms with Crippen LogP contribution in [0, 0.1) is 0 Å². The van der Waals surface area contributed by atoms with Gasteiger partial charge < -0.3 is 10.1 Å². The van der Waals surface area contributed by atoms with Gasteiger partial charge >= 0.3 is 0 Å². The molecule has 0 saturated carbocycles. The van der Waals surface area contributed by atoms with E-state index in [4.69, 9.17) is 9.72 Å². The number of hydrogen-bond donors (Lipinski definition) is 1. The summed E-state index contributed by atoms with van der Waals surface area (Å²) < 4.78 is 5.47. The highest BCUT2D eigenvalue weighted by molar-refractivity contribution is 5.11. The molecule has 1 fully saturated rings. The highest BCUT2D eigenvalue weighted by Crippen LogP contribution is 2.11. The number of ether oxygens (including phenoxy) is 1. The minimum absolute atomic E-state index is 0.480. The summed E-state index contributed by atoms with van der Waals surface area (Å²) in [5.74, 6) is 0. The zero-order valence-corrected chi connectivity index (χ0v) is 12.2. The molecular weight excluding hydrogens is 238 g/mol. The van der Waals surface area contributed by atoms with Crippen molar-refractivity contribution >= 4 is 0 Å². The number of hydrogen-bond acceptors (Lipinski definition) is 4. The molecule has 1 saturated heterocycles. The van der Waals surface area contributed by atoms with Gasteiger partial charge in [0.2, 0.25) is 0 Å². The highest BCUT2D eigenvalue weighted by Gasteiger charge is 2.19. The van der Waals surface area contributed by atoms with E-state index in [1.807, 2.05) is 0 Å². The summed E-state index contributed by atoms with van der Waals surface area (Å²) in [6.07, 6.45) is 0. The second-order valence-electron chi connectivity index (χ2n) is 5.55. The lowest BCUT2D eigenvalue weighted by Crippen LogP contribution is -2.43. The van der Waals surface area contributed by atoms with Crippen LogP contribution in [0.1, 0.15) is 32.2 Å². The first-order valence-electron chi connectivity index (χ1n) is 7.15. The lowest BCUT2D eigenvalue weighted by molar-refractivity contribution is -0.00492. The summed E-state index contributed by atoms with van der Waals surface area (Å²) in [6, 6.07) is 7.27. The summed E-state index contributed by atoms with van der Waals surface area (Å²) in [4.78, 5) is 7.16. The predicted molar refractivity (Wildman–Crippen MR) is 76.9 cm³/mol. The van der Waals surface area contributed by atoms with E-state index in [1.54, 1.807) is 0 Å². The average molecular weight is 263 g/mol. The molecule has 1 aromatic heterocycles. The minimum Gasteiger partial charge on any atom is -0.379 e. The van der Waals surface area contributed by atoms with Gasteiger partial charge in [0.15, 0.2) is 0 Å². The van der Waals surface area contributed by atoms with E-state index in [-0.39, 0.29) is 0 Å². The van der Waals surface area contributed by atoms with Crippen molar-refractivity contribution in [2.24, 2.45) is 0 Å². The molecule has 1 aliphatic heterocycles. The molecule has 0 amide bonds. The fourth-order valence-electron chi connectivity index (χ4n) is 2.23. The van der Waals surface area contributed by atoms with E-state index < -0.39 is 0 Å². The summed E-state index contributed by atoms with van der Waals surface area (Å²) >= 11 is 0. The molecule has 2 rings (SSSR count). The molecule has 0 aliphatic carbocycles. The van der Waals surface area contributed by atoms with Crippen LogP contribution in [0.2, 0.25) is 0 Å². The molecule has 1 aliphatic rings. The van der Waals surface area contributed by atoms with E-state index in [9.17, 15) is 0 Å². The quantitative estimate of drug-likeness (QED) is 0.879. The molecule has 0 aromatic carbocycles. The Morgan fingerprint density at radius 2 is 2.21 bits per heavy atom. The Morgan fingerprint density at radius 1 is 1.42 bits per heavy atom. The van der Waals surface area contributed by atoms with Gasteiger partial charge in [0.05, 0.1) is 24.6 Å². The Morgan fingerprint density at radius 3 is 2.95 bits per heavy atom. The molecule has 0 radical (unpaired) electrons. The molecule has 19 heavy (non-hydrogen) atoms. The number of nitrogens with one attached hydrogen (secondary N) is 1. The second-order valence-corrected chi connectivity index (χ2v) is 5.55. The highest BCUT2D eigenvalue weighted by atomic mass is 16.5. The van der Waals surface area contributed by atoms with Gasteiger partial charge in [0.25, 0.3) is 0 Å². The zero-order valence-electron chi connectivity index (χ0n) is 12.2. The number of rotatable bonds is 5. The Labute approximate surface area is 116 Å². The molecule has 0 spiro atoms. The molecule has 1 unspecified atom stereocenters. The van der Waals surface area contributed by atoms with Crippen LogP contribution < -0.4 is 5.32 Å².